The Hall–Kier alpha value is -1.72. The van der Waals surface area contributed by atoms with Gasteiger partial charge >= 0.3 is 0 Å². The molecule has 1 aromatic carbocycles. The molecule has 0 spiro atoms. The lowest BCUT2D eigenvalue weighted by Gasteiger charge is -2.10. The molecule has 2 rings (SSSR count). The zero-order chi connectivity index (χ0) is 15.9. The van der Waals surface area contributed by atoms with Crippen molar-refractivity contribution in [1.82, 2.24) is 10.3 Å². The van der Waals surface area contributed by atoms with E-state index in [4.69, 9.17) is 23.8 Å². The molecule has 0 aliphatic carbocycles. The maximum atomic E-state index is 12.8. The van der Waals surface area contributed by atoms with E-state index in [1.54, 1.807) is 24.3 Å². The van der Waals surface area contributed by atoms with Crippen LogP contribution in [0.25, 0.3) is 0 Å². The fourth-order valence-corrected chi connectivity index (χ4v) is 2.23. The third kappa shape index (κ3) is 5.24. The van der Waals surface area contributed by atoms with Crippen LogP contribution >= 0.6 is 23.8 Å². The number of thiocarbonyl (C=S) groups is 1. The van der Waals surface area contributed by atoms with E-state index in [0.29, 0.717) is 16.0 Å². The number of benzene rings is 1. The molecule has 0 aliphatic heterocycles. The Kier molecular flexibility index (Phi) is 6.10. The quantitative estimate of drug-likeness (QED) is 0.636. The van der Waals surface area contributed by atoms with Crippen LogP contribution in [0.15, 0.2) is 36.4 Å². The molecule has 0 fully saturated rings. The van der Waals surface area contributed by atoms with Gasteiger partial charge < -0.3 is 10.6 Å². The zero-order valence-corrected chi connectivity index (χ0v) is 13.8. The van der Waals surface area contributed by atoms with Crippen LogP contribution < -0.4 is 10.6 Å². The summed E-state index contributed by atoms with van der Waals surface area (Å²) in [4.78, 5) is 4.29. The SMILES string of the molecule is Cc1nc(NC(=S)NCCCc2ccc(F)cc2)ccc1Cl. The van der Waals surface area contributed by atoms with Gasteiger partial charge in [-0.25, -0.2) is 9.37 Å². The van der Waals surface area contributed by atoms with Gasteiger partial charge in [-0.15, -0.1) is 0 Å². The number of aryl methyl sites for hydroxylation is 2. The van der Waals surface area contributed by atoms with E-state index in [0.717, 1.165) is 30.6 Å². The van der Waals surface area contributed by atoms with Gasteiger partial charge in [0.2, 0.25) is 0 Å². The zero-order valence-electron chi connectivity index (χ0n) is 12.2. The minimum absolute atomic E-state index is 0.210. The van der Waals surface area contributed by atoms with Gasteiger partial charge in [-0.1, -0.05) is 23.7 Å². The molecule has 2 aromatic rings. The Morgan fingerprint density at radius 3 is 2.64 bits per heavy atom. The molecule has 0 amide bonds. The number of nitrogens with one attached hydrogen (secondary N) is 2. The first-order valence-corrected chi connectivity index (χ1v) is 7.75. The van der Waals surface area contributed by atoms with E-state index >= 15 is 0 Å². The molecule has 1 aromatic heterocycles. The van der Waals surface area contributed by atoms with Gasteiger partial charge in [0.1, 0.15) is 11.6 Å². The van der Waals surface area contributed by atoms with E-state index in [2.05, 4.69) is 15.6 Å². The number of aromatic nitrogens is 1. The molecule has 0 bridgehead atoms. The molecule has 0 unspecified atom stereocenters. The lowest BCUT2D eigenvalue weighted by Crippen LogP contribution is -2.29. The average Bonchev–Trinajstić information content (AvgIpc) is 2.49. The number of rotatable bonds is 5. The summed E-state index contributed by atoms with van der Waals surface area (Å²) >= 11 is 11.1. The number of hydrogen-bond acceptors (Lipinski definition) is 2. The van der Waals surface area contributed by atoms with Crippen molar-refractivity contribution in [2.45, 2.75) is 19.8 Å². The van der Waals surface area contributed by atoms with Crippen LogP contribution in [0.3, 0.4) is 0 Å². The van der Waals surface area contributed by atoms with Crippen LogP contribution in [0.1, 0.15) is 17.7 Å². The lowest BCUT2D eigenvalue weighted by molar-refractivity contribution is 0.626. The highest BCUT2D eigenvalue weighted by Gasteiger charge is 2.02. The molecule has 1 heterocycles. The van der Waals surface area contributed by atoms with Crippen LogP contribution in [-0.2, 0) is 6.42 Å². The highest BCUT2D eigenvalue weighted by molar-refractivity contribution is 7.80. The summed E-state index contributed by atoms with van der Waals surface area (Å²) in [5, 5.41) is 7.29. The van der Waals surface area contributed by atoms with E-state index in [9.17, 15) is 4.39 Å². The number of halogens is 2. The van der Waals surface area contributed by atoms with Crippen molar-refractivity contribution in [2.24, 2.45) is 0 Å². The Balaban J connectivity index is 1.71. The van der Waals surface area contributed by atoms with Gasteiger partial charge in [-0.2, -0.15) is 0 Å². The number of nitrogens with zero attached hydrogens (tertiary/aromatic N) is 1. The topological polar surface area (TPSA) is 37.0 Å². The van der Waals surface area contributed by atoms with Gasteiger partial charge in [-0.05, 0) is 61.8 Å². The Morgan fingerprint density at radius 1 is 1.23 bits per heavy atom. The van der Waals surface area contributed by atoms with E-state index in [1.165, 1.54) is 12.1 Å². The van der Waals surface area contributed by atoms with Crippen molar-refractivity contribution in [3.8, 4) is 0 Å². The average molecular weight is 338 g/mol. The molecule has 0 aliphatic rings. The second-order valence-electron chi connectivity index (χ2n) is 4.87. The first-order chi connectivity index (χ1) is 10.5. The van der Waals surface area contributed by atoms with Crippen molar-refractivity contribution in [1.29, 1.82) is 0 Å². The van der Waals surface area contributed by atoms with Crippen molar-refractivity contribution in [2.75, 3.05) is 11.9 Å². The van der Waals surface area contributed by atoms with Crippen LogP contribution in [0, 0.1) is 12.7 Å². The first kappa shape index (κ1) is 16.6. The van der Waals surface area contributed by atoms with Crippen molar-refractivity contribution in [3.05, 3.63) is 58.5 Å². The van der Waals surface area contributed by atoms with Gasteiger partial charge in [0.15, 0.2) is 5.11 Å². The Bertz CT molecular complexity index is 646. The van der Waals surface area contributed by atoms with Crippen molar-refractivity contribution < 1.29 is 4.39 Å². The number of anilines is 1. The third-order valence-electron chi connectivity index (χ3n) is 3.10. The summed E-state index contributed by atoms with van der Waals surface area (Å²) < 4.78 is 12.8. The molecule has 3 nitrogen and oxygen atoms in total. The normalized spacial score (nSPS) is 10.3. The van der Waals surface area contributed by atoms with Crippen LogP contribution in [0.2, 0.25) is 5.02 Å². The van der Waals surface area contributed by atoms with Gasteiger partial charge in [0, 0.05) is 6.54 Å². The Morgan fingerprint density at radius 2 is 1.95 bits per heavy atom. The van der Waals surface area contributed by atoms with Gasteiger partial charge in [0.05, 0.1) is 10.7 Å². The van der Waals surface area contributed by atoms with Crippen molar-refractivity contribution >= 4 is 34.7 Å². The largest absolute Gasteiger partial charge is 0.362 e. The van der Waals surface area contributed by atoms with Crippen LogP contribution in [0.4, 0.5) is 10.2 Å². The molecule has 0 saturated heterocycles. The summed E-state index contributed by atoms with van der Waals surface area (Å²) in [7, 11) is 0. The van der Waals surface area contributed by atoms with Gasteiger partial charge in [0.25, 0.3) is 0 Å². The molecule has 0 atom stereocenters. The summed E-state index contributed by atoms with van der Waals surface area (Å²) in [6.07, 6.45) is 1.77. The maximum Gasteiger partial charge on any atom is 0.171 e. The highest BCUT2D eigenvalue weighted by atomic mass is 35.5. The predicted molar refractivity (Wildman–Crippen MR) is 92.9 cm³/mol. The lowest BCUT2D eigenvalue weighted by atomic mass is 10.1. The standard InChI is InChI=1S/C16H17ClFN3S/c1-11-14(17)8-9-15(20-11)21-16(22)19-10-2-3-12-4-6-13(18)7-5-12/h4-9H,2-3,10H2,1H3,(H2,19,20,21,22). The summed E-state index contributed by atoms with van der Waals surface area (Å²) in [6.45, 7) is 2.57. The minimum Gasteiger partial charge on any atom is -0.362 e. The molecule has 6 heteroatoms. The number of hydrogen-bond donors (Lipinski definition) is 2. The smallest absolute Gasteiger partial charge is 0.171 e. The molecule has 0 saturated carbocycles. The molecule has 116 valence electrons. The first-order valence-electron chi connectivity index (χ1n) is 6.97. The second-order valence-corrected chi connectivity index (χ2v) is 5.69. The third-order valence-corrected chi connectivity index (χ3v) is 3.75. The summed E-state index contributed by atoms with van der Waals surface area (Å²) in [6, 6.07) is 10.1. The second kappa shape index (κ2) is 8.06. The maximum absolute atomic E-state index is 12.8. The fraction of sp³-hybridized carbons (Fsp3) is 0.250. The molecule has 2 N–H and O–H groups in total. The van der Waals surface area contributed by atoms with Gasteiger partial charge in [-0.3, -0.25) is 0 Å². The Labute approximate surface area is 139 Å². The predicted octanol–water partition coefficient (Wildman–Crippen LogP) is 4.10. The highest BCUT2D eigenvalue weighted by Crippen LogP contribution is 2.15. The summed E-state index contributed by atoms with van der Waals surface area (Å²) in [5.74, 6) is 0.455. The monoisotopic (exact) mass is 337 g/mol. The van der Waals surface area contributed by atoms with E-state index in [-0.39, 0.29) is 5.82 Å². The molecular formula is C16H17ClFN3S. The number of pyridine rings is 1. The van der Waals surface area contributed by atoms with E-state index < -0.39 is 0 Å². The fourth-order valence-electron chi connectivity index (χ4n) is 1.92. The molecule has 22 heavy (non-hydrogen) atoms. The summed E-state index contributed by atoms with van der Waals surface area (Å²) in [5.41, 5.74) is 1.86. The molecule has 0 radical (unpaired) electrons. The van der Waals surface area contributed by atoms with Crippen molar-refractivity contribution in [3.63, 3.8) is 0 Å². The minimum atomic E-state index is -0.210. The molecular weight excluding hydrogens is 321 g/mol. The van der Waals surface area contributed by atoms with Crippen LogP contribution in [0.5, 0.6) is 0 Å². The van der Waals surface area contributed by atoms with E-state index in [1.807, 2.05) is 6.92 Å². The van der Waals surface area contributed by atoms with Crippen LogP contribution in [-0.4, -0.2) is 16.6 Å².